The van der Waals surface area contributed by atoms with Crippen LogP contribution in [0.3, 0.4) is 0 Å². The molecular weight excluding hydrogens is 384 g/mol. The first kappa shape index (κ1) is 25.2. The Morgan fingerprint density at radius 1 is 0.742 bits per heavy atom. The molecule has 0 aliphatic rings. The Labute approximate surface area is 189 Å². The van der Waals surface area contributed by atoms with Crippen molar-refractivity contribution in [2.24, 2.45) is 5.92 Å². The molecule has 31 heavy (non-hydrogen) atoms. The van der Waals surface area contributed by atoms with Crippen LogP contribution in [0.4, 0.5) is 0 Å². The highest BCUT2D eigenvalue weighted by Crippen LogP contribution is 2.22. The summed E-state index contributed by atoms with van der Waals surface area (Å²) in [7, 11) is 0. The molecule has 4 nitrogen and oxygen atoms in total. The lowest BCUT2D eigenvalue weighted by Gasteiger charge is -2.11. The number of ether oxygens (including phenoxy) is 2. The Balaban J connectivity index is 1.60. The molecule has 0 aliphatic heterocycles. The molecule has 0 N–H and O–H groups in total. The molecule has 2 aromatic rings. The zero-order valence-corrected chi connectivity index (χ0v) is 19.9. The molecule has 1 unspecified atom stereocenters. The monoisotopic (exact) mass is 426 g/mol. The molecule has 0 fully saturated rings. The van der Waals surface area contributed by atoms with Crippen LogP contribution in [0, 0.1) is 5.92 Å². The number of hydrogen-bond donors (Lipinski definition) is 0. The molecule has 1 aromatic heterocycles. The highest BCUT2D eigenvalue weighted by Gasteiger charge is 2.04. The molecule has 0 spiro atoms. The van der Waals surface area contributed by atoms with Crippen molar-refractivity contribution in [2.45, 2.75) is 91.4 Å². The maximum absolute atomic E-state index is 5.82. The summed E-state index contributed by atoms with van der Waals surface area (Å²) < 4.78 is 11.6. The average Bonchev–Trinajstić information content (AvgIpc) is 2.81. The summed E-state index contributed by atoms with van der Waals surface area (Å²) in [5, 5.41) is 0. The van der Waals surface area contributed by atoms with E-state index in [9.17, 15) is 0 Å². The third-order valence-corrected chi connectivity index (χ3v) is 5.76. The molecule has 1 atom stereocenters. The number of aromatic nitrogens is 2. The third-order valence-electron chi connectivity index (χ3n) is 5.76. The third kappa shape index (κ3) is 10.7. The van der Waals surface area contributed by atoms with Crippen LogP contribution in [0.25, 0.3) is 11.3 Å². The van der Waals surface area contributed by atoms with E-state index in [1.54, 1.807) is 12.4 Å². The lowest BCUT2D eigenvalue weighted by atomic mass is 10.1. The predicted molar refractivity (Wildman–Crippen MR) is 130 cm³/mol. The summed E-state index contributed by atoms with van der Waals surface area (Å²) in [6.45, 7) is 8.11. The zero-order valence-electron chi connectivity index (χ0n) is 19.9. The van der Waals surface area contributed by atoms with Gasteiger partial charge in [-0.15, -0.1) is 0 Å². The molecule has 172 valence electrons. The minimum Gasteiger partial charge on any atom is -0.493 e. The van der Waals surface area contributed by atoms with Crippen molar-refractivity contribution in [1.29, 1.82) is 0 Å². The highest BCUT2D eigenvalue weighted by molar-refractivity contribution is 5.59. The molecule has 0 aliphatic carbocycles. The molecule has 0 amide bonds. The minimum absolute atomic E-state index is 0.568. The van der Waals surface area contributed by atoms with Gasteiger partial charge in [0, 0.05) is 5.56 Å². The van der Waals surface area contributed by atoms with E-state index in [0.29, 0.717) is 18.4 Å². The fourth-order valence-electron chi connectivity index (χ4n) is 3.38. The maximum atomic E-state index is 5.82. The van der Waals surface area contributed by atoms with E-state index in [-0.39, 0.29) is 0 Å². The lowest BCUT2D eigenvalue weighted by molar-refractivity contribution is 0.256. The van der Waals surface area contributed by atoms with Gasteiger partial charge in [-0.3, -0.25) is 0 Å². The minimum atomic E-state index is 0.568. The number of nitrogens with zero attached hydrogens (tertiary/aromatic N) is 2. The quantitative estimate of drug-likeness (QED) is 0.241. The molecule has 4 heteroatoms. The molecule has 0 saturated carbocycles. The Hall–Kier alpha value is -2.10. The SMILES string of the molecule is CCCCCCCCCCCCOc1cnc(-c2ccc(OCC(C)CC)cc2)cn1. The standard InChI is InChI=1S/C27H42N2O2/c1-4-6-7-8-9-10-11-12-13-14-19-30-27-21-28-26(20-29-27)24-15-17-25(18-16-24)31-22-23(3)5-2/h15-18,20-21,23H,4-14,19,22H2,1-3H3. The molecule has 2 rings (SSSR count). The molecule has 0 bridgehead atoms. The molecular formula is C27H42N2O2. The fraction of sp³-hybridized carbons (Fsp3) is 0.630. The van der Waals surface area contributed by atoms with Crippen molar-refractivity contribution < 1.29 is 9.47 Å². The largest absolute Gasteiger partial charge is 0.493 e. The zero-order chi connectivity index (χ0) is 22.2. The van der Waals surface area contributed by atoms with E-state index in [2.05, 4.69) is 30.7 Å². The summed E-state index contributed by atoms with van der Waals surface area (Å²) in [6, 6.07) is 8.05. The second-order valence-corrected chi connectivity index (χ2v) is 8.62. The van der Waals surface area contributed by atoms with Crippen LogP contribution in [0.15, 0.2) is 36.7 Å². The fourth-order valence-corrected chi connectivity index (χ4v) is 3.38. The van der Waals surface area contributed by atoms with Gasteiger partial charge in [-0.05, 0) is 36.6 Å². The average molecular weight is 427 g/mol. The second-order valence-electron chi connectivity index (χ2n) is 8.62. The molecule has 0 saturated heterocycles. The van der Waals surface area contributed by atoms with E-state index < -0.39 is 0 Å². The van der Waals surface area contributed by atoms with E-state index in [0.717, 1.165) is 36.5 Å². The normalized spacial score (nSPS) is 12.0. The Morgan fingerprint density at radius 2 is 1.39 bits per heavy atom. The summed E-state index contributed by atoms with van der Waals surface area (Å²) in [5.74, 6) is 2.07. The van der Waals surface area contributed by atoms with Gasteiger partial charge in [-0.1, -0.05) is 85.0 Å². The van der Waals surface area contributed by atoms with Crippen molar-refractivity contribution in [3.63, 3.8) is 0 Å². The van der Waals surface area contributed by atoms with Crippen molar-refractivity contribution in [3.8, 4) is 22.9 Å². The van der Waals surface area contributed by atoms with Crippen molar-refractivity contribution in [3.05, 3.63) is 36.7 Å². The molecule has 1 heterocycles. The van der Waals surface area contributed by atoms with E-state index in [1.165, 1.54) is 57.8 Å². The first-order chi connectivity index (χ1) is 15.2. The number of rotatable bonds is 17. The summed E-state index contributed by atoms with van der Waals surface area (Å²) in [4.78, 5) is 8.92. The van der Waals surface area contributed by atoms with Crippen LogP contribution in [0.1, 0.15) is 91.4 Å². The van der Waals surface area contributed by atoms with Gasteiger partial charge in [0.25, 0.3) is 0 Å². The topological polar surface area (TPSA) is 44.2 Å². The first-order valence-electron chi connectivity index (χ1n) is 12.4. The van der Waals surface area contributed by atoms with Gasteiger partial charge < -0.3 is 9.47 Å². The summed E-state index contributed by atoms with van der Waals surface area (Å²) in [6.07, 6.45) is 17.9. The van der Waals surface area contributed by atoms with Crippen molar-refractivity contribution in [2.75, 3.05) is 13.2 Å². The van der Waals surface area contributed by atoms with Crippen LogP contribution < -0.4 is 9.47 Å². The highest BCUT2D eigenvalue weighted by atomic mass is 16.5. The number of hydrogen-bond acceptors (Lipinski definition) is 4. The second kappa shape index (κ2) is 15.7. The predicted octanol–water partition coefficient (Wildman–Crippen LogP) is 7.87. The summed E-state index contributed by atoms with van der Waals surface area (Å²) >= 11 is 0. The first-order valence-corrected chi connectivity index (χ1v) is 12.4. The van der Waals surface area contributed by atoms with E-state index >= 15 is 0 Å². The van der Waals surface area contributed by atoms with Gasteiger partial charge in [0.1, 0.15) is 5.75 Å². The van der Waals surface area contributed by atoms with Crippen molar-refractivity contribution in [1.82, 2.24) is 9.97 Å². The smallest absolute Gasteiger partial charge is 0.232 e. The van der Waals surface area contributed by atoms with E-state index in [1.807, 2.05) is 24.3 Å². The van der Waals surface area contributed by atoms with Gasteiger partial charge in [0.2, 0.25) is 5.88 Å². The van der Waals surface area contributed by atoms with Gasteiger partial charge in [-0.25, -0.2) is 9.97 Å². The van der Waals surface area contributed by atoms with Gasteiger partial charge >= 0.3 is 0 Å². The van der Waals surface area contributed by atoms with Crippen LogP contribution in [0.5, 0.6) is 11.6 Å². The van der Waals surface area contributed by atoms with Crippen LogP contribution in [-0.4, -0.2) is 23.2 Å². The molecule has 0 radical (unpaired) electrons. The number of benzene rings is 1. The Bertz CT molecular complexity index is 685. The van der Waals surface area contributed by atoms with E-state index in [4.69, 9.17) is 9.47 Å². The Morgan fingerprint density at radius 3 is 1.97 bits per heavy atom. The van der Waals surface area contributed by atoms with Gasteiger partial charge in [0.15, 0.2) is 0 Å². The van der Waals surface area contributed by atoms with Crippen LogP contribution in [0.2, 0.25) is 0 Å². The van der Waals surface area contributed by atoms with Crippen LogP contribution in [-0.2, 0) is 0 Å². The summed E-state index contributed by atoms with van der Waals surface area (Å²) in [5.41, 5.74) is 1.88. The van der Waals surface area contributed by atoms with Gasteiger partial charge in [-0.2, -0.15) is 0 Å². The van der Waals surface area contributed by atoms with Gasteiger partial charge in [0.05, 0.1) is 31.3 Å². The van der Waals surface area contributed by atoms with Crippen molar-refractivity contribution >= 4 is 0 Å². The van der Waals surface area contributed by atoms with Crippen LogP contribution >= 0.6 is 0 Å². The molecule has 1 aromatic carbocycles. The number of unbranched alkanes of at least 4 members (excludes halogenated alkanes) is 9. The maximum Gasteiger partial charge on any atom is 0.232 e. The lowest BCUT2D eigenvalue weighted by Crippen LogP contribution is -2.07. The Kier molecular flexibility index (Phi) is 12.7.